The van der Waals surface area contributed by atoms with Crippen LogP contribution in [0.4, 0.5) is 0 Å². The van der Waals surface area contributed by atoms with Gasteiger partial charge in [-0.05, 0) is 56.2 Å². The summed E-state index contributed by atoms with van der Waals surface area (Å²) in [7, 11) is 0. The molecule has 1 aliphatic heterocycles. The molecule has 0 aliphatic carbocycles. The molecule has 0 radical (unpaired) electrons. The van der Waals surface area contributed by atoms with E-state index >= 15 is 0 Å². The second kappa shape index (κ2) is 7.79. The van der Waals surface area contributed by atoms with Gasteiger partial charge >= 0.3 is 0 Å². The van der Waals surface area contributed by atoms with E-state index in [1.165, 1.54) is 0 Å². The van der Waals surface area contributed by atoms with Crippen molar-refractivity contribution in [2.45, 2.75) is 32.9 Å². The molecule has 3 rings (SSSR count). The van der Waals surface area contributed by atoms with Crippen LogP contribution in [0.5, 0.6) is 11.5 Å². The number of ether oxygens (including phenoxy) is 1. The van der Waals surface area contributed by atoms with Gasteiger partial charge in [0.05, 0.1) is 6.54 Å². The molecule has 0 saturated heterocycles. The molecule has 2 aromatic rings. The standard InChI is InChI=1S/C21H25ClN2O3/c1-21(2,3)23-19(26)13-24-7-8-27-20-16(12-24)9-15(11-18(20)25)14-5-4-6-17(22)10-14/h4-6,9-11,25H,7-8,12-13H2,1-3H3,(H,23,26). The second-order valence-corrected chi connectivity index (χ2v) is 8.29. The molecule has 2 N–H and O–H groups in total. The number of amides is 1. The van der Waals surface area contributed by atoms with E-state index in [1.54, 1.807) is 6.07 Å². The summed E-state index contributed by atoms with van der Waals surface area (Å²) in [5, 5.41) is 14.1. The third kappa shape index (κ3) is 5.15. The van der Waals surface area contributed by atoms with Crippen molar-refractivity contribution in [1.29, 1.82) is 0 Å². The summed E-state index contributed by atoms with van der Waals surface area (Å²) in [6, 6.07) is 11.2. The molecule has 1 heterocycles. The first-order chi connectivity index (χ1) is 12.7. The molecular formula is C21H25ClN2O3. The molecule has 1 aliphatic rings. The molecule has 0 aromatic heterocycles. The van der Waals surface area contributed by atoms with Gasteiger partial charge in [0.1, 0.15) is 6.61 Å². The van der Waals surface area contributed by atoms with Crippen LogP contribution in [0.1, 0.15) is 26.3 Å². The monoisotopic (exact) mass is 388 g/mol. The van der Waals surface area contributed by atoms with Gasteiger partial charge in [0.25, 0.3) is 0 Å². The average Bonchev–Trinajstić information content (AvgIpc) is 2.75. The van der Waals surface area contributed by atoms with Crippen molar-refractivity contribution in [2.24, 2.45) is 0 Å². The van der Waals surface area contributed by atoms with E-state index in [-0.39, 0.29) is 23.7 Å². The maximum Gasteiger partial charge on any atom is 0.234 e. The molecule has 6 heteroatoms. The summed E-state index contributed by atoms with van der Waals surface area (Å²) in [6.07, 6.45) is 0. The summed E-state index contributed by atoms with van der Waals surface area (Å²) in [5.41, 5.74) is 2.36. The molecule has 0 spiro atoms. The van der Waals surface area contributed by atoms with E-state index in [1.807, 2.05) is 56.0 Å². The maximum atomic E-state index is 12.3. The van der Waals surface area contributed by atoms with Gasteiger partial charge in [0, 0.05) is 29.2 Å². The van der Waals surface area contributed by atoms with Gasteiger partial charge in [-0.15, -0.1) is 0 Å². The Bertz CT molecular complexity index is 846. The Morgan fingerprint density at radius 1 is 1.26 bits per heavy atom. The lowest BCUT2D eigenvalue weighted by Crippen LogP contribution is -2.46. The van der Waals surface area contributed by atoms with Crippen molar-refractivity contribution < 1.29 is 14.6 Å². The minimum atomic E-state index is -0.268. The molecule has 27 heavy (non-hydrogen) atoms. The first kappa shape index (κ1) is 19.5. The Kier molecular flexibility index (Phi) is 5.63. The smallest absolute Gasteiger partial charge is 0.234 e. The van der Waals surface area contributed by atoms with E-state index in [0.717, 1.165) is 16.7 Å². The third-order valence-corrected chi connectivity index (χ3v) is 4.47. The largest absolute Gasteiger partial charge is 0.504 e. The number of nitrogens with zero attached hydrogens (tertiary/aromatic N) is 1. The fraction of sp³-hybridized carbons (Fsp3) is 0.381. The van der Waals surface area contributed by atoms with Crippen LogP contribution in [0.2, 0.25) is 5.02 Å². The summed E-state index contributed by atoms with van der Waals surface area (Å²) >= 11 is 6.10. The maximum absolute atomic E-state index is 12.3. The molecule has 144 valence electrons. The molecule has 0 bridgehead atoms. The number of hydrogen-bond donors (Lipinski definition) is 2. The number of halogens is 1. The Hall–Kier alpha value is -2.24. The van der Waals surface area contributed by atoms with Crippen molar-refractivity contribution in [3.8, 4) is 22.6 Å². The molecule has 5 nitrogen and oxygen atoms in total. The van der Waals surface area contributed by atoms with Crippen molar-refractivity contribution in [1.82, 2.24) is 10.2 Å². The zero-order valence-electron chi connectivity index (χ0n) is 15.9. The van der Waals surface area contributed by atoms with Crippen LogP contribution < -0.4 is 10.1 Å². The Morgan fingerprint density at radius 3 is 2.74 bits per heavy atom. The van der Waals surface area contributed by atoms with Gasteiger partial charge < -0.3 is 15.2 Å². The lowest BCUT2D eigenvalue weighted by molar-refractivity contribution is -0.123. The van der Waals surface area contributed by atoms with Crippen LogP contribution in [-0.4, -0.2) is 41.1 Å². The molecule has 0 unspecified atom stereocenters. The number of carbonyl (C=O) groups is 1. The molecule has 0 saturated carbocycles. The minimum absolute atomic E-state index is 0.0267. The van der Waals surface area contributed by atoms with E-state index in [0.29, 0.717) is 30.5 Å². The van der Waals surface area contributed by atoms with Crippen LogP contribution in [0.15, 0.2) is 36.4 Å². The number of fused-ring (bicyclic) bond motifs is 1. The van der Waals surface area contributed by atoms with Gasteiger partial charge in [-0.2, -0.15) is 0 Å². The number of carbonyl (C=O) groups excluding carboxylic acids is 1. The minimum Gasteiger partial charge on any atom is -0.504 e. The van der Waals surface area contributed by atoms with E-state index in [2.05, 4.69) is 5.32 Å². The quantitative estimate of drug-likeness (QED) is 0.839. The van der Waals surface area contributed by atoms with Crippen LogP contribution in [0, 0.1) is 0 Å². The number of phenols is 1. The topological polar surface area (TPSA) is 61.8 Å². The highest BCUT2D eigenvalue weighted by Crippen LogP contribution is 2.38. The highest BCUT2D eigenvalue weighted by molar-refractivity contribution is 6.30. The average molecular weight is 389 g/mol. The predicted octanol–water partition coefficient (Wildman–Crippen LogP) is 3.82. The van der Waals surface area contributed by atoms with Gasteiger partial charge in [-0.25, -0.2) is 0 Å². The van der Waals surface area contributed by atoms with Gasteiger partial charge in [0.15, 0.2) is 11.5 Å². The van der Waals surface area contributed by atoms with Crippen LogP contribution in [-0.2, 0) is 11.3 Å². The van der Waals surface area contributed by atoms with E-state index in [9.17, 15) is 9.90 Å². The molecular weight excluding hydrogens is 364 g/mol. The molecule has 2 aromatic carbocycles. The zero-order valence-corrected chi connectivity index (χ0v) is 16.6. The first-order valence-electron chi connectivity index (χ1n) is 8.99. The SMILES string of the molecule is CC(C)(C)NC(=O)CN1CCOc2c(O)cc(-c3cccc(Cl)c3)cc2C1. The van der Waals surface area contributed by atoms with Crippen molar-refractivity contribution in [3.05, 3.63) is 47.0 Å². The lowest BCUT2D eigenvalue weighted by Gasteiger charge is -2.24. The number of hydrogen-bond acceptors (Lipinski definition) is 4. The molecule has 1 amide bonds. The van der Waals surface area contributed by atoms with Crippen LogP contribution >= 0.6 is 11.6 Å². The summed E-state index contributed by atoms with van der Waals surface area (Å²) < 4.78 is 5.76. The van der Waals surface area contributed by atoms with Gasteiger partial charge in [0.2, 0.25) is 5.91 Å². The Balaban J connectivity index is 1.84. The molecule has 0 atom stereocenters. The highest BCUT2D eigenvalue weighted by atomic mass is 35.5. The lowest BCUT2D eigenvalue weighted by atomic mass is 10.0. The van der Waals surface area contributed by atoms with Crippen LogP contribution in [0.25, 0.3) is 11.1 Å². The highest BCUT2D eigenvalue weighted by Gasteiger charge is 2.22. The van der Waals surface area contributed by atoms with Gasteiger partial charge in [-0.3, -0.25) is 9.69 Å². The zero-order chi connectivity index (χ0) is 19.6. The number of rotatable bonds is 3. The van der Waals surface area contributed by atoms with E-state index in [4.69, 9.17) is 16.3 Å². The Morgan fingerprint density at radius 2 is 2.04 bits per heavy atom. The summed E-state index contributed by atoms with van der Waals surface area (Å²) in [5.74, 6) is 0.559. The summed E-state index contributed by atoms with van der Waals surface area (Å²) in [6.45, 7) is 7.71. The normalized spacial score (nSPS) is 14.8. The third-order valence-electron chi connectivity index (χ3n) is 4.23. The second-order valence-electron chi connectivity index (χ2n) is 7.85. The first-order valence-corrected chi connectivity index (χ1v) is 9.37. The van der Waals surface area contributed by atoms with Crippen molar-refractivity contribution in [3.63, 3.8) is 0 Å². The van der Waals surface area contributed by atoms with E-state index < -0.39 is 0 Å². The van der Waals surface area contributed by atoms with Crippen LogP contribution in [0.3, 0.4) is 0 Å². The number of benzene rings is 2. The predicted molar refractivity (Wildman–Crippen MR) is 107 cm³/mol. The van der Waals surface area contributed by atoms with Crippen molar-refractivity contribution >= 4 is 17.5 Å². The number of phenolic OH excluding ortho intramolecular Hbond substituents is 1. The van der Waals surface area contributed by atoms with Gasteiger partial charge in [-0.1, -0.05) is 23.7 Å². The fourth-order valence-electron chi connectivity index (χ4n) is 3.18. The number of aromatic hydroxyl groups is 1. The Labute approximate surface area is 164 Å². The number of nitrogens with one attached hydrogen (secondary N) is 1. The fourth-order valence-corrected chi connectivity index (χ4v) is 3.37. The molecule has 0 fully saturated rings. The van der Waals surface area contributed by atoms with Crippen molar-refractivity contribution in [2.75, 3.05) is 19.7 Å². The summed E-state index contributed by atoms with van der Waals surface area (Å²) in [4.78, 5) is 14.3.